The number of halogens is 1. The maximum atomic E-state index is 13.8. The number of fused-ring (bicyclic) bond motifs is 2. The molecule has 1 fully saturated rings. The van der Waals surface area contributed by atoms with Gasteiger partial charge in [0.25, 0.3) is 0 Å². The van der Waals surface area contributed by atoms with Crippen molar-refractivity contribution >= 4 is 28.7 Å². The highest BCUT2D eigenvalue weighted by atomic mass is 19.1. The second kappa shape index (κ2) is 7.81. The molecule has 1 aromatic heterocycles. The van der Waals surface area contributed by atoms with Crippen molar-refractivity contribution < 1.29 is 23.5 Å². The van der Waals surface area contributed by atoms with Gasteiger partial charge in [0, 0.05) is 23.4 Å². The van der Waals surface area contributed by atoms with Crippen LogP contribution in [0.3, 0.4) is 0 Å². The topological polar surface area (TPSA) is 94.5 Å². The second-order valence-corrected chi connectivity index (χ2v) is 8.17. The van der Waals surface area contributed by atoms with Gasteiger partial charge in [0.2, 0.25) is 0 Å². The Morgan fingerprint density at radius 1 is 1.31 bits per heavy atom. The van der Waals surface area contributed by atoms with E-state index in [1.807, 2.05) is 0 Å². The third kappa shape index (κ3) is 3.53. The first-order chi connectivity index (χ1) is 15.5. The number of nitrogens with zero attached hydrogens (tertiary/aromatic N) is 2. The van der Waals surface area contributed by atoms with Gasteiger partial charge in [-0.25, -0.2) is 14.0 Å². The van der Waals surface area contributed by atoms with Crippen molar-refractivity contribution in [1.29, 1.82) is 0 Å². The molecule has 2 heterocycles. The number of carbonyl (C=O) groups is 2. The van der Waals surface area contributed by atoms with Crippen molar-refractivity contribution in [3.05, 3.63) is 54.0 Å². The molecule has 1 aliphatic carbocycles. The molecular weight excluding hydrogens is 415 g/mol. The molecule has 0 bridgehead atoms. The summed E-state index contributed by atoms with van der Waals surface area (Å²) >= 11 is 0. The molecule has 0 saturated heterocycles. The van der Waals surface area contributed by atoms with Gasteiger partial charge in [-0.1, -0.05) is 12.1 Å². The number of ether oxygens (including phenoxy) is 2. The summed E-state index contributed by atoms with van der Waals surface area (Å²) in [5.74, 6) is 0.118. The number of carbonyl (C=O) groups excluding carboxylic acids is 2. The monoisotopic (exact) mass is 438 g/mol. The van der Waals surface area contributed by atoms with Gasteiger partial charge in [0.1, 0.15) is 17.2 Å². The lowest BCUT2D eigenvalue weighted by Crippen LogP contribution is -2.50. The molecule has 2 aromatic carbocycles. The molecule has 1 spiro atoms. The molecule has 5 rings (SSSR count). The molecule has 1 aliphatic heterocycles. The average Bonchev–Trinajstić information content (AvgIpc) is 3.17. The first-order valence-corrected chi connectivity index (χ1v) is 10.7. The van der Waals surface area contributed by atoms with E-state index in [0.717, 1.165) is 29.5 Å². The van der Waals surface area contributed by atoms with Crippen molar-refractivity contribution in [3.8, 4) is 5.75 Å². The summed E-state index contributed by atoms with van der Waals surface area (Å²) in [6.07, 6.45) is 4.38. The van der Waals surface area contributed by atoms with Gasteiger partial charge in [-0.2, -0.15) is 9.78 Å². The van der Waals surface area contributed by atoms with Gasteiger partial charge >= 0.3 is 12.1 Å². The summed E-state index contributed by atoms with van der Waals surface area (Å²) in [5, 5.41) is 10.6. The molecule has 1 unspecified atom stereocenters. The van der Waals surface area contributed by atoms with E-state index in [1.54, 1.807) is 31.2 Å². The molecule has 2 amide bonds. The number of rotatable bonds is 3. The van der Waals surface area contributed by atoms with E-state index in [2.05, 4.69) is 15.7 Å². The van der Waals surface area contributed by atoms with Crippen LogP contribution in [-0.2, 0) is 4.74 Å². The minimum Gasteiger partial charge on any atom is -0.487 e. The summed E-state index contributed by atoms with van der Waals surface area (Å²) in [5.41, 5.74) is 1.45. The summed E-state index contributed by atoms with van der Waals surface area (Å²) < 4.78 is 26.1. The Morgan fingerprint density at radius 2 is 2.16 bits per heavy atom. The van der Waals surface area contributed by atoms with Crippen LogP contribution in [0.25, 0.3) is 10.9 Å². The van der Waals surface area contributed by atoms with Crippen LogP contribution in [0.4, 0.5) is 19.7 Å². The van der Waals surface area contributed by atoms with E-state index in [0.29, 0.717) is 28.8 Å². The average molecular weight is 438 g/mol. The zero-order valence-corrected chi connectivity index (χ0v) is 17.6. The maximum absolute atomic E-state index is 13.8. The van der Waals surface area contributed by atoms with E-state index in [-0.39, 0.29) is 24.1 Å². The van der Waals surface area contributed by atoms with E-state index < -0.39 is 12.1 Å². The van der Waals surface area contributed by atoms with Crippen molar-refractivity contribution in [3.63, 3.8) is 0 Å². The first-order valence-electron chi connectivity index (χ1n) is 10.7. The molecule has 1 atom stereocenters. The van der Waals surface area contributed by atoms with E-state index >= 15 is 0 Å². The number of anilines is 1. The summed E-state index contributed by atoms with van der Waals surface area (Å²) in [6.45, 7) is 1.95. The van der Waals surface area contributed by atoms with E-state index in [9.17, 15) is 14.0 Å². The van der Waals surface area contributed by atoms with Gasteiger partial charge in [0.15, 0.2) is 0 Å². The minimum atomic E-state index is -0.582. The minimum absolute atomic E-state index is 0.235. The van der Waals surface area contributed by atoms with Crippen LogP contribution in [0.5, 0.6) is 5.75 Å². The Bertz CT molecular complexity index is 1200. The lowest BCUT2D eigenvalue weighted by Gasteiger charge is -2.48. The highest BCUT2D eigenvalue weighted by Crippen LogP contribution is 2.49. The Kier molecular flexibility index (Phi) is 4.96. The summed E-state index contributed by atoms with van der Waals surface area (Å²) in [4.78, 5) is 25.0. The molecule has 166 valence electrons. The van der Waals surface area contributed by atoms with Gasteiger partial charge in [-0.15, -0.1) is 0 Å². The van der Waals surface area contributed by atoms with Crippen LogP contribution in [0.15, 0.2) is 42.6 Å². The van der Waals surface area contributed by atoms with Crippen molar-refractivity contribution in [1.82, 2.24) is 15.1 Å². The predicted molar refractivity (Wildman–Crippen MR) is 115 cm³/mol. The number of hydrogen-bond acceptors (Lipinski definition) is 5. The van der Waals surface area contributed by atoms with Crippen LogP contribution in [0.1, 0.15) is 44.2 Å². The largest absolute Gasteiger partial charge is 0.487 e. The molecule has 2 N–H and O–H groups in total. The highest BCUT2D eigenvalue weighted by Gasteiger charge is 2.46. The molecule has 1 saturated carbocycles. The van der Waals surface area contributed by atoms with Crippen LogP contribution in [0.2, 0.25) is 0 Å². The zero-order chi connectivity index (χ0) is 22.3. The van der Waals surface area contributed by atoms with E-state index in [1.165, 1.54) is 18.3 Å². The van der Waals surface area contributed by atoms with E-state index in [4.69, 9.17) is 9.47 Å². The van der Waals surface area contributed by atoms with Crippen molar-refractivity contribution in [2.24, 2.45) is 0 Å². The highest BCUT2D eigenvalue weighted by molar-refractivity contribution is 6.02. The number of benzene rings is 2. The summed E-state index contributed by atoms with van der Waals surface area (Å²) in [6, 6.07) is 8.89. The van der Waals surface area contributed by atoms with Gasteiger partial charge in [-0.3, -0.25) is 0 Å². The molecule has 32 heavy (non-hydrogen) atoms. The number of aromatic nitrogens is 2. The van der Waals surface area contributed by atoms with Crippen LogP contribution >= 0.6 is 0 Å². The SMILES string of the molecule is CCOC(=O)n1ncc2c(NC(=O)NC3CC4(CCC4)Oc4cc(F)ccc43)cccc21. The molecule has 3 aromatic rings. The molecule has 8 nitrogen and oxygen atoms in total. The van der Waals surface area contributed by atoms with Crippen LogP contribution in [-0.4, -0.2) is 34.1 Å². The molecule has 9 heteroatoms. The fraction of sp³-hybridized carbons (Fsp3) is 0.348. The smallest absolute Gasteiger partial charge is 0.435 e. The van der Waals surface area contributed by atoms with Crippen LogP contribution in [0, 0.1) is 5.82 Å². The standard InChI is InChI=1S/C23H23FN4O4/c1-2-31-22(30)28-19-6-3-5-17(16(19)13-25-28)26-21(29)27-18-12-23(9-4-10-23)32-20-11-14(24)7-8-15(18)20/h3,5-8,11,13,18H,2,4,9-10,12H2,1H3,(H2,26,27,29). The Balaban J connectivity index is 1.37. The second-order valence-electron chi connectivity index (χ2n) is 8.17. The number of urea groups is 1. The van der Waals surface area contributed by atoms with Crippen LogP contribution < -0.4 is 15.4 Å². The van der Waals surface area contributed by atoms with Gasteiger partial charge in [0.05, 0.1) is 30.0 Å². The lowest BCUT2D eigenvalue weighted by molar-refractivity contribution is -0.0356. The third-order valence-corrected chi connectivity index (χ3v) is 6.13. The Labute approximate surface area is 183 Å². The number of nitrogens with one attached hydrogen (secondary N) is 2. The van der Waals surface area contributed by atoms with Crippen molar-refractivity contribution in [2.45, 2.75) is 44.2 Å². The molecule has 2 aliphatic rings. The fourth-order valence-corrected chi connectivity index (χ4v) is 4.45. The van der Waals surface area contributed by atoms with Gasteiger partial charge in [-0.05, 0) is 44.4 Å². The normalized spacial score (nSPS) is 18.4. The zero-order valence-electron chi connectivity index (χ0n) is 17.6. The quantitative estimate of drug-likeness (QED) is 0.616. The fourth-order valence-electron chi connectivity index (χ4n) is 4.45. The lowest BCUT2D eigenvalue weighted by atomic mass is 9.73. The molecule has 0 radical (unpaired) electrons. The maximum Gasteiger partial charge on any atom is 0.435 e. The Hall–Kier alpha value is -3.62. The number of amides is 2. The predicted octanol–water partition coefficient (Wildman–Crippen LogP) is 4.75. The first kappa shape index (κ1) is 20.3. The van der Waals surface area contributed by atoms with Crippen molar-refractivity contribution in [2.75, 3.05) is 11.9 Å². The Morgan fingerprint density at radius 3 is 2.91 bits per heavy atom. The third-order valence-electron chi connectivity index (χ3n) is 6.13. The van der Waals surface area contributed by atoms with Gasteiger partial charge < -0.3 is 20.1 Å². The molecular formula is C23H23FN4O4. The summed E-state index contributed by atoms with van der Waals surface area (Å²) in [7, 11) is 0. The number of hydrogen-bond donors (Lipinski definition) is 2.